The highest BCUT2D eigenvalue weighted by atomic mass is 16.5. The topological polar surface area (TPSA) is 21.3 Å². The molecule has 102 valence electrons. The van der Waals surface area contributed by atoms with E-state index in [1.807, 2.05) is 6.07 Å². The molecule has 1 aromatic rings. The average molecular weight is 249 g/mol. The summed E-state index contributed by atoms with van der Waals surface area (Å²) < 4.78 is 5.23. The van der Waals surface area contributed by atoms with E-state index >= 15 is 0 Å². The van der Waals surface area contributed by atoms with Crippen LogP contribution in [0, 0.1) is 0 Å². The summed E-state index contributed by atoms with van der Waals surface area (Å²) in [6.07, 6.45) is 6.34. The van der Waals surface area contributed by atoms with Crippen LogP contribution in [0.1, 0.15) is 45.1 Å². The van der Waals surface area contributed by atoms with E-state index < -0.39 is 0 Å². The van der Waals surface area contributed by atoms with Gasteiger partial charge in [0, 0.05) is 6.04 Å². The number of benzene rings is 1. The van der Waals surface area contributed by atoms with E-state index in [2.05, 4.69) is 37.4 Å². The van der Waals surface area contributed by atoms with Gasteiger partial charge in [0.05, 0.1) is 7.11 Å². The molecule has 0 aromatic heterocycles. The number of unbranched alkanes of at least 4 members (excludes halogenated alkanes) is 2. The molecular formula is C16H27NO. The number of ether oxygens (including phenoxy) is 1. The Morgan fingerprint density at radius 3 is 2.83 bits per heavy atom. The zero-order chi connectivity index (χ0) is 13.2. The van der Waals surface area contributed by atoms with Crippen LogP contribution in [0.4, 0.5) is 0 Å². The van der Waals surface area contributed by atoms with Crippen LogP contribution in [0.3, 0.4) is 0 Å². The number of methoxy groups -OCH3 is 1. The molecule has 0 saturated carbocycles. The fourth-order valence-corrected chi connectivity index (χ4v) is 2.09. The first-order valence-corrected chi connectivity index (χ1v) is 7.12. The number of nitrogens with one attached hydrogen (secondary N) is 1. The van der Waals surface area contributed by atoms with Gasteiger partial charge in [0.2, 0.25) is 0 Å². The first-order valence-electron chi connectivity index (χ1n) is 7.12. The van der Waals surface area contributed by atoms with Gasteiger partial charge in [-0.2, -0.15) is 0 Å². The highest BCUT2D eigenvalue weighted by Crippen LogP contribution is 2.12. The van der Waals surface area contributed by atoms with Crippen molar-refractivity contribution >= 4 is 0 Å². The molecule has 2 nitrogen and oxygen atoms in total. The van der Waals surface area contributed by atoms with Crippen LogP contribution < -0.4 is 10.1 Å². The second kappa shape index (κ2) is 8.98. The lowest BCUT2D eigenvalue weighted by Gasteiger charge is -2.13. The van der Waals surface area contributed by atoms with Crippen molar-refractivity contribution < 1.29 is 4.74 Å². The third-order valence-electron chi connectivity index (χ3n) is 3.28. The summed E-state index contributed by atoms with van der Waals surface area (Å²) in [4.78, 5) is 0. The summed E-state index contributed by atoms with van der Waals surface area (Å²) in [6.45, 7) is 5.57. The summed E-state index contributed by atoms with van der Waals surface area (Å²) in [5.74, 6) is 0.948. The first-order chi connectivity index (χ1) is 8.76. The molecule has 0 saturated heterocycles. The van der Waals surface area contributed by atoms with Crippen LogP contribution >= 0.6 is 0 Å². The van der Waals surface area contributed by atoms with Crippen LogP contribution in [0.25, 0.3) is 0 Å². The maximum absolute atomic E-state index is 5.23. The smallest absolute Gasteiger partial charge is 0.119 e. The molecule has 0 aliphatic heterocycles. The van der Waals surface area contributed by atoms with Gasteiger partial charge in [-0.3, -0.25) is 0 Å². The van der Waals surface area contributed by atoms with E-state index in [0.29, 0.717) is 6.04 Å². The lowest BCUT2D eigenvalue weighted by Crippen LogP contribution is -2.27. The Bertz CT molecular complexity index is 325. The zero-order valence-electron chi connectivity index (χ0n) is 12.0. The van der Waals surface area contributed by atoms with Crippen molar-refractivity contribution in [2.45, 2.75) is 52.0 Å². The van der Waals surface area contributed by atoms with Gasteiger partial charge in [0.25, 0.3) is 0 Å². The monoisotopic (exact) mass is 249 g/mol. The van der Waals surface area contributed by atoms with Crippen LogP contribution in [0.5, 0.6) is 5.75 Å². The van der Waals surface area contributed by atoms with Crippen molar-refractivity contribution in [3.05, 3.63) is 29.8 Å². The molecule has 1 aromatic carbocycles. The molecule has 0 bridgehead atoms. The molecular weight excluding hydrogens is 222 g/mol. The molecule has 0 aliphatic rings. The van der Waals surface area contributed by atoms with E-state index in [0.717, 1.165) is 18.7 Å². The highest BCUT2D eigenvalue weighted by molar-refractivity contribution is 5.28. The van der Waals surface area contributed by atoms with Gasteiger partial charge >= 0.3 is 0 Å². The van der Waals surface area contributed by atoms with Crippen LogP contribution in [0.2, 0.25) is 0 Å². The molecule has 0 amide bonds. The van der Waals surface area contributed by atoms with E-state index in [9.17, 15) is 0 Å². The van der Waals surface area contributed by atoms with Gasteiger partial charge in [0.1, 0.15) is 5.75 Å². The van der Waals surface area contributed by atoms with Crippen LogP contribution in [-0.2, 0) is 6.42 Å². The van der Waals surface area contributed by atoms with Crippen LogP contribution in [-0.4, -0.2) is 19.7 Å². The molecule has 0 fully saturated rings. The Kier molecular flexibility index (Phi) is 7.51. The predicted molar refractivity (Wildman–Crippen MR) is 78.3 cm³/mol. The lowest BCUT2D eigenvalue weighted by molar-refractivity contribution is 0.414. The Morgan fingerprint density at radius 1 is 1.28 bits per heavy atom. The van der Waals surface area contributed by atoms with E-state index in [-0.39, 0.29) is 0 Å². The normalized spacial score (nSPS) is 12.4. The fourth-order valence-electron chi connectivity index (χ4n) is 2.09. The zero-order valence-corrected chi connectivity index (χ0v) is 12.0. The Labute approximate surface area is 112 Å². The highest BCUT2D eigenvalue weighted by Gasteiger charge is 2.01. The van der Waals surface area contributed by atoms with Crippen molar-refractivity contribution in [1.29, 1.82) is 0 Å². The summed E-state index contributed by atoms with van der Waals surface area (Å²) >= 11 is 0. The molecule has 0 spiro atoms. The molecule has 1 atom stereocenters. The van der Waals surface area contributed by atoms with Gasteiger partial charge in [-0.1, -0.05) is 38.3 Å². The minimum Gasteiger partial charge on any atom is -0.497 e. The standard InChI is InChI=1S/C16H27NO/c1-4-5-6-8-14(2)17-12-11-15-9-7-10-16(13-15)18-3/h7,9-10,13-14,17H,4-6,8,11-12H2,1-3H3. The summed E-state index contributed by atoms with van der Waals surface area (Å²) in [5.41, 5.74) is 1.34. The van der Waals surface area contributed by atoms with E-state index in [1.165, 1.54) is 31.2 Å². The minimum atomic E-state index is 0.627. The van der Waals surface area contributed by atoms with Crippen molar-refractivity contribution in [1.82, 2.24) is 5.32 Å². The van der Waals surface area contributed by atoms with Gasteiger partial charge in [-0.25, -0.2) is 0 Å². The average Bonchev–Trinajstić information content (AvgIpc) is 2.39. The Morgan fingerprint density at radius 2 is 2.11 bits per heavy atom. The van der Waals surface area contributed by atoms with Crippen LogP contribution in [0.15, 0.2) is 24.3 Å². The number of hydrogen-bond acceptors (Lipinski definition) is 2. The minimum absolute atomic E-state index is 0.627. The second-order valence-electron chi connectivity index (χ2n) is 4.95. The summed E-state index contributed by atoms with van der Waals surface area (Å²) in [7, 11) is 1.72. The molecule has 0 radical (unpaired) electrons. The largest absolute Gasteiger partial charge is 0.497 e. The molecule has 1 unspecified atom stereocenters. The van der Waals surface area contributed by atoms with Crippen molar-refractivity contribution in [3.8, 4) is 5.75 Å². The SMILES string of the molecule is CCCCCC(C)NCCc1cccc(OC)c1. The van der Waals surface area contributed by atoms with E-state index in [1.54, 1.807) is 7.11 Å². The van der Waals surface area contributed by atoms with Gasteiger partial charge < -0.3 is 10.1 Å². The number of rotatable bonds is 9. The maximum atomic E-state index is 5.23. The third kappa shape index (κ3) is 6.06. The first kappa shape index (κ1) is 15.0. The van der Waals surface area contributed by atoms with Crippen molar-refractivity contribution in [2.75, 3.05) is 13.7 Å². The van der Waals surface area contributed by atoms with Crippen molar-refractivity contribution in [2.24, 2.45) is 0 Å². The number of hydrogen-bond donors (Lipinski definition) is 1. The molecule has 18 heavy (non-hydrogen) atoms. The molecule has 2 heteroatoms. The molecule has 0 heterocycles. The third-order valence-corrected chi connectivity index (χ3v) is 3.28. The predicted octanol–water partition coefficient (Wildman–Crippen LogP) is 3.80. The summed E-state index contributed by atoms with van der Waals surface area (Å²) in [6, 6.07) is 8.94. The maximum Gasteiger partial charge on any atom is 0.119 e. The molecule has 0 aliphatic carbocycles. The van der Waals surface area contributed by atoms with E-state index in [4.69, 9.17) is 4.74 Å². The quantitative estimate of drug-likeness (QED) is 0.672. The molecule has 1 rings (SSSR count). The fraction of sp³-hybridized carbons (Fsp3) is 0.625. The van der Waals surface area contributed by atoms with Gasteiger partial charge in [0.15, 0.2) is 0 Å². The second-order valence-corrected chi connectivity index (χ2v) is 4.95. The Balaban J connectivity index is 2.20. The van der Waals surface area contributed by atoms with Gasteiger partial charge in [-0.05, 0) is 44.0 Å². The molecule has 1 N–H and O–H groups in total. The van der Waals surface area contributed by atoms with Gasteiger partial charge in [-0.15, -0.1) is 0 Å². The van der Waals surface area contributed by atoms with Crippen molar-refractivity contribution in [3.63, 3.8) is 0 Å². The lowest BCUT2D eigenvalue weighted by atomic mass is 10.1. The summed E-state index contributed by atoms with van der Waals surface area (Å²) in [5, 5.41) is 3.59. The Hall–Kier alpha value is -1.02.